The zero-order valence-corrected chi connectivity index (χ0v) is 12.0. The molecule has 1 aliphatic carbocycles. The molecule has 2 rings (SSSR count). The Bertz CT molecular complexity index is 398. The van der Waals surface area contributed by atoms with Crippen molar-refractivity contribution in [1.82, 2.24) is 0 Å². The lowest BCUT2D eigenvalue weighted by molar-refractivity contribution is -0.163. The summed E-state index contributed by atoms with van der Waals surface area (Å²) in [5, 5.41) is 0. The van der Waals surface area contributed by atoms with E-state index < -0.39 is 0 Å². The molecule has 1 aromatic rings. The van der Waals surface area contributed by atoms with Crippen LogP contribution in [0.1, 0.15) is 44.1 Å². The van der Waals surface area contributed by atoms with Crippen molar-refractivity contribution in [2.75, 3.05) is 5.88 Å². The molecule has 1 fully saturated rings. The zero-order valence-electron chi connectivity index (χ0n) is 11.2. The third kappa shape index (κ3) is 3.73. The molecule has 0 atom stereocenters. The summed E-state index contributed by atoms with van der Waals surface area (Å²) in [6.45, 7) is 0.386. The van der Waals surface area contributed by atoms with Crippen LogP contribution in [0, 0.1) is 5.41 Å². The first kappa shape index (κ1) is 14.4. The van der Waals surface area contributed by atoms with Gasteiger partial charge in [0.2, 0.25) is 0 Å². The fourth-order valence-electron chi connectivity index (χ4n) is 2.59. The van der Waals surface area contributed by atoms with Gasteiger partial charge in [0, 0.05) is 5.88 Å². The molecule has 19 heavy (non-hydrogen) atoms. The Kier molecular flexibility index (Phi) is 5.26. The topological polar surface area (TPSA) is 26.3 Å². The number of hydrogen-bond acceptors (Lipinski definition) is 2. The molecule has 1 aliphatic rings. The minimum atomic E-state index is -0.208. The smallest absolute Gasteiger partial charge is 0.312 e. The van der Waals surface area contributed by atoms with E-state index in [0.717, 1.165) is 44.1 Å². The molecule has 104 valence electrons. The molecule has 0 N–H and O–H groups in total. The summed E-state index contributed by atoms with van der Waals surface area (Å²) in [7, 11) is 0. The van der Waals surface area contributed by atoms with Crippen LogP contribution < -0.4 is 0 Å². The molecule has 0 unspecified atom stereocenters. The summed E-state index contributed by atoms with van der Waals surface area (Å²) in [5.41, 5.74) is 0.840. The predicted molar refractivity (Wildman–Crippen MR) is 77.1 cm³/mol. The van der Waals surface area contributed by atoms with E-state index in [2.05, 4.69) is 0 Å². The summed E-state index contributed by atoms with van der Waals surface area (Å²) >= 11 is 5.70. The van der Waals surface area contributed by atoms with Gasteiger partial charge in [-0.3, -0.25) is 4.79 Å². The summed E-state index contributed by atoms with van der Waals surface area (Å²) < 4.78 is 5.49. The standard InChI is InChI=1S/C16H21ClO2/c17-12-5-4-9-16(10-6-11-16)15(18)19-13-14-7-2-1-3-8-14/h1-3,7-8H,4-6,9-13H2. The highest BCUT2D eigenvalue weighted by molar-refractivity contribution is 6.17. The Balaban J connectivity index is 1.83. The van der Waals surface area contributed by atoms with Gasteiger partial charge in [0.05, 0.1) is 5.41 Å². The SMILES string of the molecule is O=C(OCc1ccccc1)C1(CCCCCl)CCC1. The van der Waals surface area contributed by atoms with E-state index >= 15 is 0 Å². The van der Waals surface area contributed by atoms with Gasteiger partial charge in [0.25, 0.3) is 0 Å². The van der Waals surface area contributed by atoms with Crippen LogP contribution in [0.25, 0.3) is 0 Å². The second-order valence-corrected chi connectivity index (χ2v) is 5.72. The van der Waals surface area contributed by atoms with Crippen LogP contribution >= 0.6 is 11.6 Å². The lowest BCUT2D eigenvalue weighted by Crippen LogP contribution is -2.39. The number of halogens is 1. The zero-order chi connectivity index (χ0) is 13.6. The maximum Gasteiger partial charge on any atom is 0.312 e. The molecule has 0 aromatic heterocycles. The fourth-order valence-corrected chi connectivity index (χ4v) is 2.78. The molecule has 0 amide bonds. The van der Waals surface area contributed by atoms with Crippen molar-refractivity contribution in [1.29, 1.82) is 0 Å². The third-order valence-electron chi connectivity index (χ3n) is 4.00. The van der Waals surface area contributed by atoms with Crippen LogP contribution in [-0.4, -0.2) is 11.8 Å². The van der Waals surface area contributed by atoms with Crippen molar-refractivity contribution in [3.8, 4) is 0 Å². The van der Waals surface area contributed by atoms with E-state index in [1.807, 2.05) is 30.3 Å². The molecule has 2 nitrogen and oxygen atoms in total. The quantitative estimate of drug-likeness (QED) is 0.423. The summed E-state index contributed by atoms with van der Waals surface area (Å²) in [6, 6.07) is 9.85. The Morgan fingerprint density at radius 1 is 1.21 bits per heavy atom. The van der Waals surface area contributed by atoms with Crippen molar-refractivity contribution in [3.63, 3.8) is 0 Å². The molecule has 0 saturated heterocycles. The Hall–Kier alpha value is -1.02. The Morgan fingerprint density at radius 3 is 2.53 bits per heavy atom. The number of esters is 1. The molecular formula is C16H21ClO2. The summed E-state index contributed by atoms with van der Waals surface area (Å²) in [4.78, 5) is 12.3. The molecule has 1 aromatic carbocycles. The Morgan fingerprint density at radius 2 is 1.95 bits per heavy atom. The highest BCUT2D eigenvalue weighted by Crippen LogP contribution is 2.46. The lowest BCUT2D eigenvalue weighted by Gasteiger charge is -2.39. The van der Waals surface area contributed by atoms with Crippen molar-refractivity contribution in [3.05, 3.63) is 35.9 Å². The average molecular weight is 281 g/mol. The molecule has 3 heteroatoms. The van der Waals surface area contributed by atoms with Crippen molar-refractivity contribution in [2.24, 2.45) is 5.41 Å². The molecule has 0 aliphatic heterocycles. The van der Waals surface area contributed by atoms with Crippen LogP contribution in [0.2, 0.25) is 0 Å². The minimum Gasteiger partial charge on any atom is -0.460 e. The van der Waals surface area contributed by atoms with E-state index in [1.165, 1.54) is 0 Å². The van der Waals surface area contributed by atoms with Crippen molar-refractivity contribution < 1.29 is 9.53 Å². The van der Waals surface area contributed by atoms with E-state index in [0.29, 0.717) is 12.5 Å². The molecule has 0 bridgehead atoms. The molecule has 0 spiro atoms. The first-order valence-electron chi connectivity index (χ1n) is 7.04. The molecular weight excluding hydrogens is 260 g/mol. The van der Waals surface area contributed by atoms with Gasteiger partial charge in [-0.2, -0.15) is 0 Å². The van der Waals surface area contributed by atoms with Crippen LogP contribution in [0.15, 0.2) is 30.3 Å². The highest BCUT2D eigenvalue weighted by Gasteiger charge is 2.44. The van der Waals surface area contributed by atoms with Gasteiger partial charge >= 0.3 is 5.97 Å². The van der Waals surface area contributed by atoms with E-state index in [-0.39, 0.29) is 11.4 Å². The second-order valence-electron chi connectivity index (χ2n) is 5.34. The van der Waals surface area contributed by atoms with Gasteiger partial charge in [-0.1, -0.05) is 43.2 Å². The summed E-state index contributed by atoms with van der Waals surface area (Å²) in [6.07, 6.45) is 6.01. The number of benzene rings is 1. The van der Waals surface area contributed by atoms with Gasteiger partial charge in [0.1, 0.15) is 6.61 Å². The predicted octanol–water partition coefficient (Wildman–Crippen LogP) is 4.31. The van der Waals surface area contributed by atoms with E-state index in [1.54, 1.807) is 0 Å². The van der Waals surface area contributed by atoms with E-state index in [4.69, 9.17) is 16.3 Å². The number of carbonyl (C=O) groups is 1. The maximum atomic E-state index is 12.3. The van der Waals surface area contributed by atoms with Gasteiger partial charge in [0.15, 0.2) is 0 Å². The van der Waals surface area contributed by atoms with Crippen LogP contribution in [-0.2, 0) is 16.1 Å². The number of rotatable bonds is 7. The fraction of sp³-hybridized carbons (Fsp3) is 0.562. The number of carbonyl (C=O) groups excluding carboxylic acids is 1. The number of ether oxygens (including phenoxy) is 1. The van der Waals surface area contributed by atoms with Crippen molar-refractivity contribution >= 4 is 17.6 Å². The van der Waals surface area contributed by atoms with Crippen LogP contribution in [0.5, 0.6) is 0 Å². The lowest BCUT2D eigenvalue weighted by atomic mass is 9.66. The number of hydrogen-bond donors (Lipinski definition) is 0. The van der Waals surface area contributed by atoms with Crippen molar-refractivity contribution in [2.45, 2.75) is 45.1 Å². The first-order chi connectivity index (χ1) is 9.27. The van der Waals surface area contributed by atoms with Crippen LogP contribution in [0.4, 0.5) is 0 Å². The van der Waals surface area contributed by atoms with Gasteiger partial charge in [-0.05, 0) is 31.2 Å². The monoisotopic (exact) mass is 280 g/mol. The minimum absolute atomic E-state index is 0.0165. The second kappa shape index (κ2) is 6.95. The first-order valence-corrected chi connectivity index (χ1v) is 7.57. The number of alkyl halides is 1. The largest absolute Gasteiger partial charge is 0.460 e. The van der Waals surface area contributed by atoms with Gasteiger partial charge < -0.3 is 4.74 Å². The normalized spacial score (nSPS) is 16.7. The van der Waals surface area contributed by atoms with Gasteiger partial charge in [-0.25, -0.2) is 0 Å². The Labute approximate surface area is 120 Å². The van der Waals surface area contributed by atoms with E-state index in [9.17, 15) is 4.79 Å². The maximum absolute atomic E-state index is 12.3. The summed E-state index contributed by atoms with van der Waals surface area (Å²) in [5.74, 6) is 0.659. The number of unbranched alkanes of at least 4 members (excludes halogenated alkanes) is 1. The average Bonchev–Trinajstić information content (AvgIpc) is 2.40. The third-order valence-corrected chi connectivity index (χ3v) is 4.26. The molecule has 0 radical (unpaired) electrons. The van der Waals surface area contributed by atoms with Crippen LogP contribution in [0.3, 0.4) is 0 Å². The van der Waals surface area contributed by atoms with Gasteiger partial charge in [-0.15, -0.1) is 11.6 Å². The highest BCUT2D eigenvalue weighted by atomic mass is 35.5. The molecule has 0 heterocycles. The molecule has 1 saturated carbocycles.